The summed E-state index contributed by atoms with van der Waals surface area (Å²) in [6.07, 6.45) is 0. The molecule has 1 aliphatic heterocycles. The van der Waals surface area contributed by atoms with Crippen molar-refractivity contribution in [1.82, 2.24) is 0 Å². The van der Waals surface area contributed by atoms with Gasteiger partial charge in [-0.2, -0.15) is 13.2 Å². The third kappa shape index (κ3) is 1.48. The number of alkyl halides is 6. The van der Waals surface area contributed by atoms with Crippen LogP contribution in [0.3, 0.4) is 0 Å². The average molecular weight is 280 g/mol. The molecule has 18 heavy (non-hydrogen) atoms. The SMILES string of the molecule is CC(=O)C1(F)C(=O)C(F)(F)C(F)(CF)OC1(O)F. The summed E-state index contributed by atoms with van der Waals surface area (Å²) in [4.78, 5) is 21.7. The summed E-state index contributed by atoms with van der Waals surface area (Å²) in [5, 5.41) is 8.69. The Kier molecular flexibility index (Phi) is 3.04. The van der Waals surface area contributed by atoms with Gasteiger partial charge >= 0.3 is 23.5 Å². The molecular weight excluding hydrogens is 274 g/mol. The summed E-state index contributed by atoms with van der Waals surface area (Å²) in [7, 11) is 0. The number of hydrogen-bond acceptors (Lipinski definition) is 4. The maximum absolute atomic E-state index is 13.6. The lowest BCUT2D eigenvalue weighted by molar-refractivity contribution is -0.444. The topological polar surface area (TPSA) is 63.6 Å². The third-order valence-electron chi connectivity index (χ3n) is 2.45. The lowest BCUT2D eigenvalue weighted by Gasteiger charge is -2.44. The molecule has 1 saturated heterocycles. The van der Waals surface area contributed by atoms with Crippen LogP contribution < -0.4 is 0 Å². The molecule has 0 spiro atoms. The molecule has 1 N–H and O–H groups in total. The standard InChI is InChI=1S/C8H6F6O4/c1-3(15)6(11)4(16)7(12,13)5(10,2-9)18-8(6,14)17/h17H,2H2,1H3. The van der Waals surface area contributed by atoms with E-state index in [1.54, 1.807) is 0 Å². The van der Waals surface area contributed by atoms with Gasteiger partial charge in [0.2, 0.25) is 0 Å². The largest absolute Gasteiger partial charge is 0.371 e. The van der Waals surface area contributed by atoms with Gasteiger partial charge in [-0.05, 0) is 6.92 Å². The zero-order chi connectivity index (χ0) is 14.6. The molecule has 1 heterocycles. The van der Waals surface area contributed by atoms with Gasteiger partial charge in [-0.1, -0.05) is 0 Å². The van der Waals surface area contributed by atoms with E-state index in [0.29, 0.717) is 0 Å². The van der Waals surface area contributed by atoms with Gasteiger partial charge in [0.1, 0.15) is 0 Å². The van der Waals surface area contributed by atoms with Crippen molar-refractivity contribution in [3.05, 3.63) is 0 Å². The van der Waals surface area contributed by atoms with Crippen molar-refractivity contribution in [1.29, 1.82) is 0 Å². The molecule has 1 rings (SSSR count). The number of halogens is 6. The molecule has 0 saturated carbocycles. The molecular formula is C8H6F6O4. The fourth-order valence-electron chi connectivity index (χ4n) is 1.36. The van der Waals surface area contributed by atoms with Gasteiger partial charge in [0.05, 0.1) is 0 Å². The summed E-state index contributed by atoms with van der Waals surface area (Å²) in [5.74, 6) is -15.8. The second kappa shape index (κ2) is 3.67. The van der Waals surface area contributed by atoms with Crippen LogP contribution in [0.15, 0.2) is 0 Å². The van der Waals surface area contributed by atoms with Crippen LogP contribution in [0.1, 0.15) is 6.92 Å². The highest BCUT2D eigenvalue weighted by atomic mass is 19.3. The Morgan fingerprint density at radius 1 is 1.28 bits per heavy atom. The van der Waals surface area contributed by atoms with Crippen LogP contribution in [0, 0.1) is 0 Å². The molecule has 0 aliphatic carbocycles. The molecule has 0 bridgehead atoms. The second-order valence-corrected chi connectivity index (χ2v) is 3.64. The quantitative estimate of drug-likeness (QED) is 0.599. The molecule has 3 atom stereocenters. The summed E-state index contributed by atoms with van der Waals surface area (Å²) in [6.45, 7) is -2.59. The van der Waals surface area contributed by atoms with E-state index in [9.17, 15) is 35.9 Å². The zero-order valence-electron chi connectivity index (χ0n) is 8.65. The number of ether oxygens (including phenoxy) is 1. The van der Waals surface area contributed by atoms with Crippen molar-refractivity contribution in [2.24, 2.45) is 0 Å². The highest BCUT2D eigenvalue weighted by Crippen LogP contribution is 2.51. The van der Waals surface area contributed by atoms with E-state index in [1.165, 1.54) is 0 Å². The fraction of sp³-hybridized carbons (Fsp3) is 0.750. The minimum Gasteiger partial charge on any atom is -0.336 e. The first kappa shape index (κ1) is 14.9. The van der Waals surface area contributed by atoms with Gasteiger partial charge in [-0.15, -0.1) is 0 Å². The summed E-state index contributed by atoms with van der Waals surface area (Å²) >= 11 is 0. The van der Waals surface area contributed by atoms with Crippen molar-refractivity contribution < 1.29 is 45.8 Å². The average Bonchev–Trinajstić information content (AvgIpc) is 2.23. The predicted molar refractivity (Wildman–Crippen MR) is 41.4 cm³/mol. The van der Waals surface area contributed by atoms with Crippen molar-refractivity contribution in [3.8, 4) is 0 Å². The second-order valence-electron chi connectivity index (χ2n) is 3.64. The Bertz CT molecular complexity index is 410. The van der Waals surface area contributed by atoms with Gasteiger partial charge < -0.3 is 5.11 Å². The zero-order valence-corrected chi connectivity index (χ0v) is 8.65. The minimum atomic E-state index is -5.49. The first-order chi connectivity index (χ1) is 7.87. The third-order valence-corrected chi connectivity index (χ3v) is 2.45. The summed E-state index contributed by atoms with van der Waals surface area (Å²) in [6, 6.07) is -5.04. The number of rotatable bonds is 2. The molecule has 1 fully saturated rings. The Balaban J connectivity index is 3.49. The maximum Gasteiger partial charge on any atom is 0.371 e. The maximum atomic E-state index is 13.6. The molecule has 0 radical (unpaired) electrons. The minimum absolute atomic E-state index is 0.155. The molecule has 104 valence electrons. The van der Waals surface area contributed by atoms with Crippen LogP contribution in [0.5, 0.6) is 0 Å². The highest BCUT2D eigenvalue weighted by Gasteiger charge is 2.82. The Labute approximate surface area is 95.5 Å². The molecule has 1 aliphatic rings. The number of Topliss-reactive ketones (excluding diaryl/α,β-unsaturated/α-hetero) is 2. The first-order valence-electron chi connectivity index (χ1n) is 4.36. The van der Waals surface area contributed by atoms with Crippen molar-refractivity contribution >= 4 is 11.6 Å². The van der Waals surface area contributed by atoms with Gasteiger partial charge in [0.25, 0.3) is 5.78 Å². The first-order valence-corrected chi connectivity index (χ1v) is 4.36. The lowest BCUT2D eigenvalue weighted by Crippen LogP contribution is -2.75. The van der Waals surface area contributed by atoms with E-state index in [1.807, 2.05) is 0 Å². The smallest absolute Gasteiger partial charge is 0.336 e. The summed E-state index contributed by atoms with van der Waals surface area (Å²) < 4.78 is 81.3. The van der Waals surface area contributed by atoms with Crippen LogP contribution in [-0.2, 0) is 14.3 Å². The predicted octanol–water partition coefficient (Wildman–Crippen LogP) is 0.769. The molecule has 0 aromatic carbocycles. The number of aliphatic hydroxyl groups is 1. The van der Waals surface area contributed by atoms with E-state index >= 15 is 0 Å². The van der Waals surface area contributed by atoms with Crippen LogP contribution in [0.2, 0.25) is 0 Å². The van der Waals surface area contributed by atoms with Crippen LogP contribution in [0.25, 0.3) is 0 Å². The van der Waals surface area contributed by atoms with E-state index in [0.717, 1.165) is 0 Å². The summed E-state index contributed by atoms with van der Waals surface area (Å²) in [5.41, 5.74) is -4.85. The van der Waals surface area contributed by atoms with Crippen LogP contribution in [0.4, 0.5) is 26.3 Å². The van der Waals surface area contributed by atoms with E-state index in [4.69, 9.17) is 5.11 Å². The van der Waals surface area contributed by atoms with Gasteiger partial charge in [0, 0.05) is 0 Å². The fourth-order valence-corrected chi connectivity index (χ4v) is 1.36. The van der Waals surface area contributed by atoms with E-state index in [2.05, 4.69) is 4.74 Å². The number of carbonyl (C=O) groups is 2. The molecule has 0 aromatic rings. The van der Waals surface area contributed by atoms with Crippen molar-refractivity contribution in [2.75, 3.05) is 6.67 Å². The van der Waals surface area contributed by atoms with Gasteiger partial charge in [-0.3, -0.25) is 14.3 Å². The number of ketones is 2. The Morgan fingerprint density at radius 3 is 2.06 bits per heavy atom. The van der Waals surface area contributed by atoms with Gasteiger partial charge in [0.15, 0.2) is 12.5 Å². The molecule has 10 heteroatoms. The van der Waals surface area contributed by atoms with Gasteiger partial charge in [-0.25, -0.2) is 13.2 Å². The lowest BCUT2D eigenvalue weighted by atomic mass is 9.84. The Morgan fingerprint density at radius 2 is 1.72 bits per heavy atom. The van der Waals surface area contributed by atoms with E-state index < -0.39 is 41.7 Å². The van der Waals surface area contributed by atoms with Crippen LogP contribution >= 0.6 is 0 Å². The van der Waals surface area contributed by atoms with E-state index in [-0.39, 0.29) is 6.92 Å². The van der Waals surface area contributed by atoms with Crippen molar-refractivity contribution in [2.45, 2.75) is 30.4 Å². The normalized spacial score (nSPS) is 43.9. The van der Waals surface area contributed by atoms with Crippen molar-refractivity contribution in [3.63, 3.8) is 0 Å². The van der Waals surface area contributed by atoms with Crippen LogP contribution in [-0.4, -0.2) is 46.8 Å². The molecule has 0 amide bonds. The monoisotopic (exact) mass is 280 g/mol. The molecule has 0 aromatic heterocycles. The Hall–Kier alpha value is -1.16. The molecule has 4 nitrogen and oxygen atoms in total. The highest BCUT2D eigenvalue weighted by molar-refractivity contribution is 6.14. The molecule has 3 unspecified atom stereocenters. The number of carbonyl (C=O) groups excluding carboxylic acids is 2. The number of hydrogen-bond donors (Lipinski definition) is 1.